The van der Waals surface area contributed by atoms with E-state index in [1.807, 2.05) is 0 Å². The van der Waals surface area contributed by atoms with Crippen LogP contribution in [0.3, 0.4) is 0 Å². The number of benzene rings is 1. The molecule has 176 valence electrons. The Morgan fingerprint density at radius 3 is 2.33 bits per heavy atom. The first-order chi connectivity index (χ1) is 16.3. The Hall–Kier alpha value is -2.47. The first-order valence-electron chi connectivity index (χ1n) is 13.0. The van der Waals surface area contributed by atoms with Crippen molar-refractivity contribution in [3.63, 3.8) is 0 Å². The summed E-state index contributed by atoms with van der Waals surface area (Å²) in [6.45, 7) is 2.32. The summed E-state index contributed by atoms with van der Waals surface area (Å²) in [7, 11) is 0. The molecule has 0 unspecified atom stereocenters. The van der Waals surface area contributed by atoms with Gasteiger partial charge in [-0.2, -0.15) is 0 Å². The Kier molecular flexibility index (Phi) is 7.51. The van der Waals surface area contributed by atoms with E-state index in [-0.39, 0.29) is 0 Å². The maximum Gasteiger partial charge on any atom is 0.195 e. The predicted molar refractivity (Wildman–Crippen MR) is 134 cm³/mol. The van der Waals surface area contributed by atoms with Crippen LogP contribution in [0.1, 0.15) is 88.1 Å². The fraction of sp³-hybridized carbons (Fsp3) is 0.593. The van der Waals surface area contributed by atoms with Gasteiger partial charge in [-0.1, -0.05) is 57.1 Å². The second kappa shape index (κ2) is 11.1. The molecule has 0 spiro atoms. The number of hydrogen-bond acceptors (Lipinski definition) is 6. The first kappa shape index (κ1) is 22.3. The quantitative estimate of drug-likeness (QED) is 0.548. The number of nitrogens with one attached hydrogen (secondary N) is 2. The summed E-state index contributed by atoms with van der Waals surface area (Å²) in [5.74, 6) is 2.34. The summed E-state index contributed by atoms with van der Waals surface area (Å²) in [5.41, 5.74) is 4.19. The minimum absolute atomic E-state index is 0.376. The lowest BCUT2D eigenvalue weighted by Crippen LogP contribution is -2.26. The summed E-state index contributed by atoms with van der Waals surface area (Å²) in [4.78, 5) is 14.5. The van der Waals surface area contributed by atoms with Gasteiger partial charge in [0, 0.05) is 23.7 Å². The van der Waals surface area contributed by atoms with Gasteiger partial charge >= 0.3 is 0 Å². The highest BCUT2D eigenvalue weighted by molar-refractivity contribution is 5.94. The molecule has 2 aliphatic carbocycles. The molecule has 2 fully saturated rings. The number of nitrogens with zero attached hydrogens (tertiary/aromatic N) is 3. The van der Waals surface area contributed by atoms with Gasteiger partial charge < -0.3 is 15.4 Å². The van der Waals surface area contributed by atoms with Gasteiger partial charge in [0.15, 0.2) is 5.96 Å². The van der Waals surface area contributed by atoms with E-state index in [1.165, 1.54) is 70.6 Å². The van der Waals surface area contributed by atoms with Crippen molar-refractivity contribution in [1.82, 2.24) is 15.3 Å². The third-order valence-electron chi connectivity index (χ3n) is 7.15. The van der Waals surface area contributed by atoms with E-state index in [0.29, 0.717) is 18.6 Å². The highest BCUT2D eigenvalue weighted by Crippen LogP contribution is 2.32. The lowest BCUT2D eigenvalue weighted by molar-refractivity contribution is 0.0290. The van der Waals surface area contributed by atoms with E-state index in [2.05, 4.69) is 46.0 Å². The van der Waals surface area contributed by atoms with Gasteiger partial charge in [-0.05, 0) is 43.9 Å². The van der Waals surface area contributed by atoms with Crippen LogP contribution in [0.5, 0.6) is 0 Å². The van der Waals surface area contributed by atoms with Crippen LogP contribution in [0.15, 0.2) is 35.3 Å². The smallest absolute Gasteiger partial charge is 0.195 e. The molecule has 2 aromatic rings. The maximum atomic E-state index is 6.36. The molecule has 1 aromatic heterocycles. The predicted octanol–water partition coefficient (Wildman–Crippen LogP) is 5.80. The number of aliphatic imine (C=N–C) groups is 1. The first-order valence-corrected chi connectivity index (χ1v) is 13.0. The van der Waals surface area contributed by atoms with Crippen LogP contribution in [0.4, 0.5) is 5.69 Å². The van der Waals surface area contributed by atoms with Crippen molar-refractivity contribution < 1.29 is 4.74 Å². The zero-order valence-electron chi connectivity index (χ0n) is 19.7. The number of anilines is 1. The zero-order chi connectivity index (χ0) is 22.3. The Morgan fingerprint density at radius 1 is 0.879 bits per heavy atom. The van der Waals surface area contributed by atoms with Crippen LogP contribution in [0.25, 0.3) is 11.3 Å². The van der Waals surface area contributed by atoms with Gasteiger partial charge in [-0.15, -0.1) is 0 Å². The van der Waals surface area contributed by atoms with Crippen molar-refractivity contribution in [2.24, 2.45) is 4.99 Å². The van der Waals surface area contributed by atoms with Gasteiger partial charge in [0.25, 0.3) is 0 Å². The number of hydrogen-bond donors (Lipinski definition) is 2. The molecule has 0 atom stereocenters. The summed E-state index contributed by atoms with van der Waals surface area (Å²) in [6, 6.07) is 10.6. The number of aromatic nitrogens is 2. The number of rotatable bonds is 6. The molecule has 0 saturated heterocycles. The van der Waals surface area contributed by atoms with E-state index in [9.17, 15) is 0 Å². The number of ether oxygens (including phenoxy) is 1. The molecule has 0 amide bonds. The molecule has 1 aliphatic heterocycles. The molecule has 0 radical (unpaired) electrons. The van der Waals surface area contributed by atoms with E-state index in [4.69, 9.17) is 14.7 Å². The van der Waals surface area contributed by atoms with Crippen LogP contribution in [0.2, 0.25) is 0 Å². The molecule has 6 heteroatoms. The van der Waals surface area contributed by atoms with E-state index in [1.54, 1.807) is 0 Å². The Morgan fingerprint density at radius 2 is 1.61 bits per heavy atom. The van der Waals surface area contributed by atoms with Gasteiger partial charge in [-0.3, -0.25) is 4.99 Å². The average molecular weight is 448 g/mol. The Balaban J connectivity index is 1.34. The van der Waals surface area contributed by atoms with E-state index in [0.717, 1.165) is 47.5 Å². The van der Waals surface area contributed by atoms with Crippen molar-refractivity contribution in [1.29, 1.82) is 0 Å². The fourth-order valence-electron chi connectivity index (χ4n) is 5.24. The maximum absolute atomic E-state index is 6.36. The number of guanidine groups is 1. The van der Waals surface area contributed by atoms with Gasteiger partial charge in [0.05, 0.1) is 30.6 Å². The van der Waals surface area contributed by atoms with Crippen molar-refractivity contribution in [2.75, 3.05) is 18.4 Å². The molecular weight excluding hydrogens is 410 g/mol. The van der Waals surface area contributed by atoms with Crippen LogP contribution in [0, 0.1) is 0 Å². The molecule has 0 bridgehead atoms. The van der Waals surface area contributed by atoms with Gasteiger partial charge in [0.2, 0.25) is 0 Å². The van der Waals surface area contributed by atoms with Gasteiger partial charge in [-0.25, -0.2) is 9.97 Å². The van der Waals surface area contributed by atoms with Crippen LogP contribution in [-0.4, -0.2) is 35.1 Å². The molecule has 2 N–H and O–H groups in total. The molecule has 2 heterocycles. The van der Waals surface area contributed by atoms with Crippen molar-refractivity contribution in [3.8, 4) is 11.3 Å². The van der Waals surface area contributed by atoms with E-state index >= 15 is 0 Å². The minimum Gasteiger partial charge on any atom is -0.372 e. The standard InChI is InChI=1S/C27H37N5O/c1-2-7-11-24(10-6-1)33-19-23-18-25(32-26(30-23)21-8-4-3-5-9-21)20-12-14-22(15-13-20)31-27-28-16-17-29-27/h12-15,18,21,24H,1-11,16-17,19H2,(H2,28,29,31). The largest absolute Gasteiger partial charge is 0.372 e. The van der Waals surface area contributed by atoms with Crippen LogP contribution >= 0.6 is 0 Å². The Labute approximate surface area is 197 Å². The van der Waals surface area contributed by atoms with Crippen molar-refractivity contribution in [3.05, 3.63) is 41.9 Å². The lowest BCUT2D eigenvalue weighted by Gasteiger charge is -2.22. The van der Waals surface area contributed by atoms with Crippen LogP contribution < -0.4 is 10.6 Å². The minimum atomic E-state index is 0.376. The summed E-state index contributed by atoms with van der Waals surface area (Å²) >= 11 is 0. The Bertz CT molecular complexity index is 928. The molecule has 2 saturated carbocycles. The molecule has 1 aromatic carbocycles. The van der Waals surface area contributed by atoms with Crippen LogP contribution in [-0.2, 0) is 11.3 Å². The highest BCUT2D eigenvalue weighted by atomic mass is 16.5. The van der Waals surface area contributed by atoms with Gasteiger partial charge in [0.1, 0.15) is 5.82 Å². The van der Waals surface area contributed by atoms with Crippen molar-refractivity contribution in [2.45, 2.75) is 89.3 Å². The fourth-order valence-corrected chi connectivity index (χ4v) is 5.24. The molecule has 5 rings (SSSR count). The van der Waals surface area contributed by atoms with Crippen molar-refractivity contribution >= 4 is 11.6 Å². The average Bonchev–Trinajstić information content (AvgIpc) is 3.24. The van der Waals surface area contributed by atoms with E-state index < -0.39 is 0 Å². The molecule has 33 heavy (non-hydrogen) atoms. The normalized spacial score (nSPS) is 20.2. The third-order valence-corrected chi connectivity index (χ3v) is 7.15. The summed E-state index contributed by atoms with van der Waals surface area (Å²) < 4.78 is 6.36. The molecule has 6 nitrogen and oxygen atoms in total. The topological polar surface area (TPSA) is 71.4 Å². The second-order valence-corrected chi connectivity index (χ2v) is 9.72. The monoisotopic (exact) mass is 447 g/mol. The summed E-state index contributed by atoms with van der Waals surface area (Å²) in [5, 5.41) is 6.59. The molecular formula is C27H37N5O. The lowest BCUT2D eigenvalue weighted by atomic mass is 9.88. The SMILES string of the molecule is c1cc(-c2cc(COC3CCCCCC3)nc(C3CCCCC3)n2)ccc1NC1=NCCN1. The second-order valence-electron chi connectivity index (χ2n) is 9.72. The third kappa shape index (κ3) is 6.11. The highest BCUT2D eigenvalue weighted by Gasteiger charge is 2.21. The zero-order valence-corrected chi connectivity index (χ0v) is 19.7. The molecule has 3 aliphatic rings. The summed E-state index contributed by atoms with van der Waals surface area (Å²) in [6.07, 6.45) is 14.3.